The maximum atomic E-state index is 14.6. The Morgan fingerprint density at radius 3 is 2.60 bits per heavy atom. The van der Waals surface area contributed by atoms with Crippen LogP contribution in [-0.2, 0) is 9.47 Å². The molecule has 1 aliphatic carbocycles. The maximum absolute atomic E-state index is 14.6. The monoisotopic (exact) mass is 611 g/mol. The second-order valence-electron chi connectivity index (χ2n) is 11.4. The zero-order valence-electron chi connectivity index (χ0n) is 25.6. The highest BCUT2D eigenvalue weighted by Gasteiger charge is 2.24. The van der Waals surface area contributed by atoms with E-state index in [0.717, 1.165) is 43.2 Å². The first kappa shape index (κ1) is 30.5. The van der Waals surface area contributed by atoms with Crippen LogP contribution in [-0.4, -0.2) is 52.8 Å². The molecule has 45 heavy (non-hydrogen) atoms. The fraction of sp³-hybridized carbons (Fsp3) is 0.343. The zero-order valence-corrected chi connectivity index (χ0v) is 25.6. The summed E-state index contributed by atoms with van der Waals surface area (Å²) in [6.45, 7) is 3.76. The van der Waals surface area contributed by atoms with Gasteiger partial charge in [0.25, 0.3) is 0 Å². The third-order valence-corrected chi connectivity index (χ3v) is 8.14. The first-order chi connectivity index (χ1) is 22.0. The van der Waals surface area contributed by atoms with Crippen LogP contribution in [0.15, 0.2) is 84.2 Å². The number of halogens is 1. The predicted octanol–water partition coefficient (Wildman–Crippen LogP) is 7.37. The summed E-state index contributed by atoms with van der Waals surface area (Å²) in [6, 6.07) is 12.0. The Hall–Kier alpha value is -4.54. The molecule has 0 saturated carbocycles. The zero-order chi connectivity index (χ0) is 31.2. The smallest absolute Gasteiger partial charge is 0.164 e. The molecule has 1 unspecified atom stereocenters. The number of fused-ring (bicyclic) bond motifs is 1. The van der Waals surface area contributed by atoms with Crippen LogP contribution in [0.4, 0.5) is 10.2 Å². The summed E-state index contributed by atoms with van der Waals surface area (Å²) in [6.07, 6.45) is 14.5. The SMILES string of the molecule is COC1C=CC(COc2cc(F)cc(Oc3ccc(-c4nn(C5CCOCC5)c5ncnc(N)c45)cc3)c2)=CC=C(C)CCC1. The van der Waals surface area contributed by atoms with E-state index in [0.29, 0.717) is 53.0 Å². The van der Waals surface area contributed by atoms with E-state index in [2.05, 4.69) is 23.0 Å². The summed E-state index contributed by atoms with van der Waals surface area (Å²) in [5.74, 6) is 1.16. The fourth-order valence-corrected chi connectivity index (χ4v) is 5.63. The molecule has 1 fully saturated rings. The molecule has 1 aliphatic heterocycles. The Balaban J connectivity index is 1.18. The highest BCUT2D eigenvalue weighted by atomic mass is 19.1. The van der Waals surface area contributed by atoms with Crippen LogP contribution in [0.5, 0.6) is 17.2 Å². The van der Waals surface area contributed by atoms with Gasteiger partial charge in [-0.15, -0.1) is 0 Å². The Morgan fingerprint density at radius 2 is 1.80 bits per heavy atom. The van der Waals surface area contributed by atoms with Crippen molar-refractivity contribution in [1.29, 1.82) is 0 Å². The quantitative estimate of drug-likeness (QED) is 0.220. The van der Waals surface area contributed by atoms with Crippen molar-refractivity contribution in [3.8, 4) is 28.5 Å². The number of methoxy groups -OCH3 is 1. The minimum absolute atomic E-state index is 0.0481. The van der Waals surface area contributed by atoms with Gasteiger partial charge >= 0.3 is 0 Å². The van der Waals surface area contributed by atoms with Gasteiger partial charge in [-0.05, 0) is 68.9 Å². The number of nitrogens with two attached hydrogens (primary N) is 1. The number of aromatic nitrogens is 4. The van der Waals surface area contributed by atoms with E-state index in [-0.39, 0.29) is 18.8 Å². The van der Waals surface area contributed by atoms with Gasteiger partial charge in [0.1, 0.15) is 47.5 Å². The Morgan fingerprint density at radius 1 is 1.00 bits per heavy atom. The molecular weight excluding hydrogens is 573 g/mol. The minimum atomic E-state index is -0.453. The van der Waals surface area contributed by atoms with Gasteiger partial charge in [-0.2, -0.15) is 5.10 Å². The number of hydrogen-bond donors (Lipinski definition) is 1. The van der Waals surface area contributed by atoms with Crippen LogP contribution < -0.4 is 15.2 Å². The molecule has 1 saturated heterocycles. The lowest BCUT2D eigenvalue weighted by molar-refractivity contribution is 0.0674. The van der Waals surface area contributed by atoms with E-state index >= 15 is 0 Å². The van der Waals surface area contributed by atoms with Gasteiger partial charge in [-0.1, -0.05) is 29.9 Å². The Labute approximate surface area is 262 Å². The van der Waals surface area contributed by atoms with E-state index in [1.165, 1.54) is 24.0 Å². The third kappa shape index (κ3) is 7.41. The standard InChI is InChI=1S/C35H38FN5O4/c1-23-4-3-5-28(42-2)11-8-24(7-6-23)21-44-30-18-26(36)19-31(20-30)45-29-12-9-25(10-13-29)33-32-34(37)38-22-39-35(32)41(40-33)27-14-16-43-17-15-27/h6-13,18-20,22,27-28H,3-5,14-17,21H2,1-2H3,(H2,37,38,39). The molecule has 0 amide bonds. The molecule has 0 spiro atoms. The van der Waals surface area contributed by atoms with Crippen molar-refractivity contribution >= 4 is 16.9 Å². The molecule has 9 nitrogen and oxygen atoms in total. The molecule has 2 N–H and O–H groups in total. The fourth-order valence-electron chi connectivity index (χ4n) is 5.63. The molecule has 234 valence electrons. The molecule has 4 aromatic rings. The predicted molar refractivity (Wildman–Crippen MR) is 172 cm³/mol. The van der Waals surface area contributed by atoms with E-state index in [4.69, 9.17) is 29.8 Å². The van der Waals surface area contributed by atoms with Gasteiger partial charge in [-0.3, -0.25) is 0 Å². The maximum Gasteiger partial charge on any atom is 0.164 e. The molecule has 2 aliphatic rings. The lowest BCUT2D eigenvalue weighted by atomic mass is 10.0. The molecule has 3 heterocycles. The van der Waals surface area contributed by atoms with Crippen LogP contribution in [0, 0.1) is 5.82 Å². The van der Waals surface area contributed by atoms with Crippen LogP contribution >= 0.6 is 0 Å². The Kier molecular flexibility index (Phi) is 9.52. The number of allylic oxidation sites excluding steroid dienone is 3. The Bertz CT molecular complexity index is 1720. The average Bonchev–Trinajstić information content (AvgIpc) is 3.45. The van der Waals surface area contributed by atoms with E-state index in [1.807, 2.05) is 47.2 Å². The van der Waals surface area contributed by atoms with Gasteiger partial charge in [0, 0.05) is 44.1 Å². The normalized spacial score (nSPS) is 18.0. The third-order valence-electron chi connectivity index (χ3n) is 8.14. The van der Waals surface area contributed by atoms with Crippen LogP contribution in [0.2, 0.25) is 0 Å². The molecule has 10 heteroatoms. The van der Waals surface area contributed by atoms with Crippen molar-refractivity contribution in [3.05, 3.63) is 90.1 Å². The summed E-state index contributed by atoms with van der Waals surface area (Å²) in [4.78, 5) is 8.72. The molecule has 6 rings (SSSR count). The second-order valence-corrected chi connectivity index (χ2v) is 11.4. The summed E-state index contributed by atoms with van der Waals surface area (Å²) in [5, 5.41) is 5.64. The number of nitrogen functional groups attached to an aromatic ring is 1. The lowest BCUT2D eigenvalue weighted by Gasteiger charge is -2.22. The largest absolute Gasteiger partial charge is 0.489 e. The molecular formula is C35H38FN5O4. The van der Waals surface area contributed by atoms with E-state index in [9.17, 15) is 4.39 Å². The first-order valence-electron chi connectivity index (χ1n) is 15.3. The van der Waals surface area contributed by atoms with E-state index < -0.39 is 5.82 Å². The van der Waals surface area contributed by atoms with E-state index in [1.54, 1.807) is 13.2 Å². The van der Waals surface area contributed by atoms with Gasteiger partial charge in [-0.25, -0.2) is 19.0 Å². The van der Waals surface area contributed by atoms with Crippen LogP contribution in [0.3, 0.4) is 0 Å². The van der Waals surface area contributed by atoms with Crippen molar-refractivity contribution in [2.45, 2.75) is 51.2 Å². The molecule has 2 aromatic heterocycles. The highest BCUT2D eigenvalue weighted by Crippen LogP contribution is 2.35. The van der Waals surface area contributed by atoms with Crippen LogP contribution in [0.1, 0.15) is 45.1 Å². The van der Waals surface area contributed by atoms with Crippen LogP contribution in [0.25, 0.3) is 22.3 Å². The molecule has 0 bridgehead atoms. The van der Waals surface area contributed by atoms with Gasteiger partial charge < -0.3 is 24.7 Å². The second kappa shape index (κ2) is 14.0. The number of rotatable bonds is 8. The summed E-state index contributed by atoms with van der Waals surface area (Å²) in [7, 11) is 1.72. The number of nitrogens with zero attached hydrogens (tertiary/aromatic N) is 4. The summed E-state index contributed by atoms with van der Waals surface area (Å²) < 4.78 is 39.7. The molecule has 2 aromatic carbocycles. The number of benzene rings is 2. The first-order valence-corrected chi connectivity index (χ1v) is 15.3. The van der Waals surface area contributed by atoms with Gasteiger partial charge in [0.2, 0.25) is 0 Å². The highest BCUT2D eigenvalue weighted by molar-refractivity contribution is 5.98. The summed E-state index contributed by atoms with van der Waals surface area (Å²) in [5.41, 5.74) is 10.8. The van der Waals surface area contributed by atoms with Crippen molar-refractivity contribution < 1.29 is 23.3 Å². The number of anilines is 1. The average molecular weight is 612 g/mol. The number of ether oxygens (including phenoxy) is 4. The van der Waals surface area contributed by atoms with Gasteiger partial charge in [0.05, 0.1) is 17.5 Å². The summed E-state index contributed by atoms with van der Waals surface area (Å²) >= 11 is 0. The molecule has 0 radical (unpaired) electrons. The minimum Gasteiger partial charge on any atom is -0.489 e. The van der Waals surface area contributed by atoms with Crippen molar-refractivity contribution in [1.82, 2.24) is 19.7 Å². The van der Waals surface area contributed by atoms with Crippen molar-refractivity contribution in [2.75, 3.05) is 32.7 Å². The molecule has 1 atom stereocenters. The number of hydrogen-bond acceptors (Lipinski definition) is 8. The van der Waals surface area contributed by atoms with Gasteiger partial charge in [0.15, 0.2) is 5.65 Å². The van der Waals surface area contributed by atoms with Crippen molar-refractivity contribution in [3.63, 3.8) is 0 Å². The lowest BCUT2D eigenvalue weighted by Crippen LogP contribution is -2.20. The topological polar surface area (TPSA) is 107 Å². The van der Waals surface area contributed by atoms with Crippen molar-refractivity contribution in [2.24, 2.45) is 0 Å².